The standard InChI is InChI=1S/C12H17BrN2/c1-2-15-12(5-9-3-4-9)10-6-11(13)8-14-7-10/h6-9,12,15H,2-5H2,1H3. The van der Waals surface area contributed by atoms with Crippen molar-refractivity contribution in [3.8, 4) is 0 Å². The van der Waals surface area contributed by atoms with E-state index in [-0.39, 0.29) is 0 Å². The van der Waals surface area contributed by atoms with Crippen molar-refractivity contribution in [2.45, 2.75) is 32.2 Å². The highest BCUT2D eigenvalue weighted by atomic mass is 79.9. The molecule has 1 aliphatic carbocycles. The van der Waals surface area contributed by atoms with Crippen molar-refractivity contribution in [2.24, 2.45) is 5.92 Å². The van der Waals surface area contributed by atoms with E-state index in [1.807, 2.05) is 12.4 Å². The molecule has 1 fully saturated rings. The fourth-order valence-electron chi connectivity index (χ4n) is 1.89. The van der Waals surface area contributed by atoms with E-state index in [9.17, 15) is 0 Å². The van der Waals surface area contributed by atoms with Crippen LogP contribution >= 0.6 is 15.9 Å². The van der Waals surface area contributed by atoms with Crippen LogP contribution < -0.4 is 5.32 Å². The topological polar surface area (TPSA) is 24.9 Å². The molecule has 1 unspecified atom stereocenters. The molecule has 0 aromatic carbocycles. The summed E-state index contributed by atoms with van der Waals surface area (Å²) in [5.74, 6) is 0.938. The van der Waals surface area contributed by atoms with Crippen LogP contribution in [0.15, 0.2) is 22.9 Å². The van der Waals surface area contributed by atoms with Crippen molar-refractivity contribution < 1.29 is 0 Å². The van der Waals surface area contributed by atoms with Gasteiger partial charge < -0.3 is 5.32 Å². The third-order valence-electron chi connectivity index (χ3n) is 2.84. The third-order valence-corrected chi connectivity index (χ3v) is 3.28. The molecular weight excluding hydrogens is 252 g/mol. The number of nitrogens with zero attached hydrogens (tertiary/aromatic N) is 1. The Morgan fingerprint density at radius 1 is 1.53 bits per heavy atom. The second-order valence-electron chi connectivity index (χ2n) is 4.23. The maximum atomic E-state index is 4.23. The Balaban J connectivity index is 2.07. The van der Waals surface area contributed by atoms with Gasteiger partial charge in [0.2, 0.25) is 0 Å². The van der Waals surface area contributed by atoms with Gasteiger partial charge in [-0.3, -0.25) is 4.98 Å². The molecule has 1 atom stereocenters. The van der Waals surface area contributed by atoms with Gasteiger partial charge in [0.15, 0.2) is 0 Å². The second kappa shape index (κ2) is 5.08. The average Bonchev–Trinajstić information content (AvgIpc) is 3.01. The van der Waals surface area contributed by atoms with Crippen LogP contribution in [-0.2, 0) is 0 Å². The lowest BCUT2D eigenvalue weighted by Crippen LogP contribution is -2.21. The molecule has 82 valence electrons. The molecule has 0 bridgehead atoms. The highest BCUT2D eigenvalue weighted by Crippen LogP contribution is 2.37. The summed E-state index contributed by atoms with van der Waals surface area (Å²) in [4.78, 5) is 4.23. The lowest BCUT2D eigenvalue weighted by molar-refractivity contribution is 0.485. The van der Waals surface area contributed by atoms with Gasteiger partial charge in [0.1, 0.15) is 0 Å². The van der Waals surface area contributed by atoms with Gasteiger partial charge in [-0.1, -0.05) is 19.8 Å². The molecule has 0 radical (unpaired) electrons. The number of nitrogens with one attached hydrogen (secondary N) is 1. The van der Waals surface area contributed by atoms with Gasteiger partial charge in [-0.05, 0) is 46.4 Å². The number of hydrogen-bond acceptors (Lipinski definition) is 2. The molecule has 0 amide bonds. The Morgan fingerprint density at radius 2 is 2.33 bits per heavy atom. The molecule has 1 aromatic rings. The Bertz CT molecular complexity index is 323. The zero-order valence-electron chi connectivity index (χ0n) is 9.04. The second-order valence-corrected chi connectivity index (χ2v) is 5.14. The van der Waals surface area contributed by atoms with Crippen molar-refractivity contribution >= 4 is 15.9 Å². The maximum Gasteiger partial charge on any atom is 0.0410 e. The first-order valence-electron chi connectivity index (χ1n) is 5.63. The molecule has 1 heterocycles. The summed E-state index contributed by atoms with van der Waals surface area (Å²) in [5.41, 5.74) is 1.30. The van der Waals surface area contributed by atoms with Crippen molar-refractivity contribution in [3.05, 3.63) is 28.5 Å². The van der Waals surface area contributed by atoms with E-state index in [1.54, 1.807) is 0 Å². The highest BCUT2D eigenvalue weighted by molar-refractivity contribution is 9.10. The number of aromatic nitrogens is 1. The van der Waals surface area contributed by atoms with Crippen LogP contribution in [0.3, 0.4) is 0 Å². The minimum atomic E-state index is 0.479. The Morgan fingerprint density at radius 3 is 2.93 bits per heavy atom. The summed E-state index contributed by atoms with van der Waals surface area (Å²) in [6.07, 6.45) is 7.88. The van der Waals surface area contributed by atoms with Crippen molar-refractivity contribution in [1.29, 1.82) is 0 Å². The van der Waals surface area contributed by atoms with Gasteiger partial charge in [0.25, 0.3) is 0 Å². The van der Waals surface area contributed by atoms with Gasteiger partial charge in [-0.15, -0.1) is 0 Å². The van der Waals surface area contributed by atoms with Crippen molar-refractivity contribution in [1.82, 2.24) is 10.3 Å². The first kappa shape index (κ1) is 11.1. The van der Waals surface area contributed by atoms with Crippen LogP contribution in [0.25, 0.3) is 0 Å². The lowest BCUT2D eigenvalue weighted by Gasteiger charge is -2.17. The first-order valence-corrected chi connectivity index (χ1v) is 6.42. The summed E-state index contributed by atoms with van der Waals surface area (Å²) in [6, 6.07) is 2.65. The van der Waals surface area contributed by atoms with Gasteiger partial charge >= 0.3 is 0 Å². The van der Waals surface area contributed by atoms with E-state index in [2.05, 4.69) is 39.2 Å². The average molecular weight is 269 g/mol. The zero-order chi connectivity index (χ0) is 10.7. The number of pyridine rings is 1. The smallest absolute Gasteiger partial charge is 0.0410 e. The van der Waals surface area contributed by atoms with Gasteiger partial charge in [-0.25, -0.2) is 0 Å². The summed E-state index contributed by atoms with van der Waals surface area (Å²) >= 11 is 3.47. The van der Waals surface area contributed by atoms with Crippen LogP contribution in [0.5, 0.6) is 0 Å². The quantitative estimate of drug-likeness (QED) is 0.887. The fraction of sp³-hybridized carbons (Fsp3) is 0.583. The molecule has 0 spiro atoms. The van der Waals surface area contributed by atoms with Gasteiger partial charge in [0.05, 0.1) is 0 Å². The van der Waals surface area contributed by atoms with Crippen molar-refractivity contribution in [3.63, 3.8) is 0 Å². The van der Waals surface area contributed by atoms with E-state index in [0.717, 1.165) is 16.9 Å². The van der Waals surface area contributed by atoms with E-state index in [4.69, 9.17) is 0 Å². The molecule has 0 saturated heterocycles. The maximum absolute atomic E-state index is 4.23. The molecule has 1 saturated carbocycles. The molecule has 15 heavy (non-hydrogen) atoms. The molecule has 0 aliphatic heterocycles. The van der Waals surface area contributed by atoms with Crippen LogP contribution in [0, 0.1) is 5.92 Å². The summed E-state index contributed by atoms with van der Waals surface area (Å²) in [5, 5.41) is 3.54. The predicted molar refractivity (Wildman–Crippen MR) is 65.7 cm³/mol. The number of halogens is 1. The van der Waals surface area contributed by atoms with Crippen molar-refractivity contribution in [2.75, 3.05) is 6.54 Å². The minimum absolute atomic E-state index is 0.479. The van der Waals surface area contributed by atoms with Crippen LogP contribution in [0.1, 0.15) is 37.8 Å². The molecule has 2 nitrogen and oxygen atoms in total. The van der Waals surface area contributed by atoms with Crippen LogP contribution in [0.4, 0.5) is 0 Å². The van der Waals surface area contributed by atoms with E-state index in [0.29, 0.717) is 6.04 Å². The Hall–Kier alpha value is -0.410. The number of rotatable bonds is 5. The summed E-state index contributed by atoms with van der Waals surface area (Å²) in [7, 11) is 0. The molecule has 1 aromatic heterocycles. The zero-order valence-corrected chi connectivity index (χ0v) is 10.6. The van der Waals surface area contributed by atoms with E-state index >= 15 is 0 Å². The fourth-order valence-corrected chi connectivity index (χ4v) is 2.27. The van der Waals surface area contributed by atoms with Crippen LogP contribution in [-0.4, -0.2) is 11.5 Å². The van der Waals surface area contributed by atoms with Crippen LogP contribution in [0.2, 0.25) is 0 Å². The lowest BCUT2D eigenvalue weighted by atomic mass is 10.0. The SMILES string of the molecule is CCNC(CC1CC1)c1cncc(Br)c1. The predicted octanol–water partition coefficient (Wildman–Crippen LogP) is 3.29. The summed E-state index contributed by atoms with van der Waals surface area (Å²) < 4.78 is 1.07. The minimum Gasteiger partial charge on any atom is -0.310 e. The first-order chi connectivity index (χ1) is 7.29. The highest BCUT2D eigenvalue weighted by Gasteiger charge is 2.25. The van der Waals surface area contributed by atoms with E-state index < -0.39 is 0 Å². The normalized spacial score (nSPS) is 17.7. The van der Waals surface area contributed by atoms with Gasteiger partial charge in [-0.2, -0.15) is 0 Å². The van der Waals surface area contributed by atoms with Gasteiger partial charge in [0, 0.05) is 22.9 Å². The molecule has 3 heteroatoms. The van der Waals surface area contributed by atoms with E-state index in [1.165, 1.54) is 24.8 Å². The third kappa shape index (κ3) is 3.28. The summed E-state index contributed by atoms with van der Waals surface area (Å²) in [6.45, 7) is 3.18. The number of hydrogen-bond donors (Lipinski definition) is 1. The monoisotopic (exact) mass is 268 g/mol. The molecule has 2 rings (SSSR count). The Labute approximate surface area is 99.6 Å². The molecular formula is C12H17BrN2. The largest absolute Gasteiger partial charge is 0.310 e. The Kier molecular flexibility index (Phi) is 3.76. The molecule has 1 N–H and O–H groups in total. The molecule has 1 aliphatic rings.